The lowest BCUT2D eigenvalue weighted by atomic mass is 10.0. The molecular formula is C28H24ClN3O6S. The zero-order valence-electron chi connectivity index (χ0n) is 20.6. The number of carbonyl (C=O) groups is 3. The van der Waals surface area contributed by atoms with E-state index in [1.165, 1.54) is 47.6 Å². The third-order valence-corrected chi connectivity index (χ3v) is 8.70. The standard InChI is InChI=1S/C28H24ClN3O6S/c29-20-10-12-21(13-11-20)39(36,37)26(30-25(33)24-9-4-18-38-24)28(35)32-16-14-31(15-17-32)27(34)23-8-3-6-19-5-1-2-7-22(19)23/h1-13,18,26H,14-17H2,(H,30,33). The maximum Gasteiger partial charge on any atom is 0.288 e. The minimum absolute atomic E-state index is 0.0958. The highest BCUT2D eigenvalue weighted by atomic mass is 35.5. The van der Waals surface area contributed by atoms with Crippen LogP contribution in [0, 0.1) is 0 Å². The van der Waals surface area contributed by atoms with Gasteiger partial charge in [0.1, 0.15) is 0 Å². The van der Waals surface area contributed by atoms with Crippen molar-refractivity contribution in [2.75, 3.05) is 26.2 Å². The average molecular weight is 566 g/mol. The summed E-state index contributed by atoms with van der Waals surface area (Å²) < 4.78 is 32.1. The van der Waals surface area contributed by atoms with E-state index in [-0.39, 0.29) is 42.7 Å². The van der Waals surface area contributed by atoms with Gasteiger partial charge in [-0.1, -0.05) is 48.0 Å². The number of hydrogen-bond acceptors (Lipinski definition) is 6. The summed E-state index contributed by atoms with van der Waals surface area (Å²) in [6.07, 6.45) is 1.27. The fourth-order valence-electron chi connectivity index (χ4n) is 4.51. The Labute approximate surface area is 229 Å². The molecule has 1 saturated heterocycles. The Hall–Kier alpha value is -4.15. The van der Waals surface area contributed by atoms with Gasteiger partial charge in [0.05, 0.1) is 11.2 Å². The molecule has 1 aliphatic rings. The van der Waals surface area contributed by atoms with Crippen LogP contribution in [0.2, 0.25) is 5.02 Å². The topological polar surface area (TPSA) is 117 Å². The third kappa shape index (κ3) is 5.39. The van der Waals surface area contributed by atoms with Gasteiger partial charge < -0.3 is 19.5 Å². The van der Waals surface area contributed by atoms with E-state index in [9.17, 15) is 22.8 Å². The lowest BCUT2D eigenvalue weighted by Crippen LogP contribution is -2.57. The summed E-state index contributed by atoms with van der Waals surface area (Å²) >= 11 is 5.91. The predicted molar refractivity (Wildman–Crippen MR) is 145 cm³/mol. The van der Waals surface area contributed by atoms with E-state index < -0.39 is 27.0 Å². The Morgan fingerprint density at radius 2 is 1.49 bits per heavy atom. The van der Waals surface area contributed by atoms with Crippen molar-refractivity contribution in [3.05, 3.63) is 101 Å². The second kappa shape index (κ2) is 10.9. The molecule has 1 atom stereocenters. The van der Waals surface area contributed by atoms with Crippen molar-refractivity contribution < 1.29 is 27.2 Å². The van der Waals surface area contributed by atoms with Crippen LogP contribution < -0.4 is 5.32 Å². The minimum atomic E-state index is -4.35. The summed E-state index contributed by atoms with van der Waals surface area (Å²) in [5.74, 6) is -1.96. The van der Waals surface area contributed by atoms with Crippen LogP contribution in [0.3, 0.4) is 0 Å². The van der Waals surface area contributed by atoms with Gasteiger partial charge in [0.15, 0.2) is 5.76 Å². The highest BCUT2D eigenvalue weighted by molar-refractivity contribution is 7.92. The molecule has 0 spiro atoms. The molecule has 0 radical (unpaired) electrons. The van der Waals surface area contributed by atoms with E-state index in [4.69, 9.17) is 16.0 Å². The molecule has 1 aliphatic heterocycles. The van der Waals surface area contributed by atoms with E-state index in [1.54, 1.807) is 11.0 Å². The Morgan fingerprint density at radius 3 is 2.18 bits per heavy atom. The van der Waals surface area contributed by atoms with Crippen molar-refractivity contribution in [1.29, 1.82) is 0 Å². The first-order chi connectivity index (χ1) is 18.8. The second-order valence-electron chi connectivity index (χ2n) is 8.97. The summed E-state index contributed by atoms with van der Waals surface area (Å²) in [7, 11) is -4.35. The molecule has 5 rings (SSSR count). The number of hydrogen-bond donors (Lipinski definition) is 1. The van der Waals surface area contributed by atoms with E-state index in [1.807, 2.05) is 36.4 Å². The van der Waals surface area contributed by atoms with Crippen LogP contribution >= 0.6 is 11.6 Å². The number of furan rings is 1. The van der Waals surface area contributed by atoms with Gasteiger partial charge >= 0.3 is 0 Å². The van der Waals surface area contributed by atoms with Gasteiger partial charge in [0, 0.05) is 36.8 Å². The number of halogens is 1. The van der Waals surface area contributed by atoms with Crippen LogP contribution in [0.15, 0.2) is 94.4 Å². The summed E-state index contributed by atoms with van der Waals surface area (Å²) in [6, 6.07) is 21.3. The van der Waals surface area contributed by atoms with Crippen LogP contribution in [0.4, 0.5) is 0 Å². The van der Waals surface area contributed by atoms with Crippen molar-refractivity contribution in [2.45, 2.75) is 10.3 Å². The van der Waals surface area contributed by atoms with E-state index in [0.717, 1.165) is 10.8 Å². The molecule has 0 aliphatic carbocycles. The largest absolute Gasteiger partial charge is 0.459 e. The van der Waals surface area contributed by atoms with Gasteiger partial charge in [-0.3, -0.25) is 14.4 Å². The van der Waals surface area contributed by atoms with Crippen LogP contribution in [0.1, 0.15) is 20.9 Å². The Bertz CT molecular complexity index is 1620. The molecule has 200 valence electrons. The van der Waals surface area contributed by atoms with Crippen molar-refractivity contribution in [2.24, 2.45) is 0 Å². The van der Waals surface area contributed by atoms with Crippen LogP contribution in [0.25, 0.3) is 10.8 Å². The third-order valence-electron chi connectivity index (χ3n) is 6.58. The molecule has 0 saturated carbocycles. The first-order valence-corrected chi connectivity index (χ1v) is 14.1. The molecule has 0 bridgehead atoms. The van der Waals surface area contributed by atoms with Crippen molar-refractivity contribution in [3.63, 3.8) is 0 Å². The van der Waals surface area contributed by atoms with Crippen molar-refractivity contribution in [3.8, 4) is 0 Å². The molecule has 3 aromatic carbocycles. The summed E-state index contributed by atoms with van der Waals surface area (Å²) in [4.78, 5) is 42.4. The molecule has 1 aromatic heterocycles. The number of fused-ring (bicyclic) bond motifs is 1. The van der Waals surface area contributed by atoms with Gasteiger partial charge in [-0.05, 0) is 53.2 Å². The van der Waals surface area contributed by atoms with Crippen LogP contribution in [-0.2, 0) is 14.6 Å². The Morgan fingerprint density at radius 1 is 0.821 bits per heavy atom. The quantitative estimate of drug-likeness (QED) is 0.382. The Balaban J connectivity index is 1.35. The maximum atomic E-state index is 13.6. The maximum absolute atomic E-state index is 13.6. The number of nitrogens with one attached hydrogen (secondary N) is 1. The molecule has 11 heteroatoms. The molecular weight excluding hydrogens is 542 g/mol. The van der Waals surface area contributed by atoms with Gasteiger partial charge in [0.2, 0.25) is 15.2 Å². The first kappa shape index (κ1) is 26.5. The molecule has 9 nitrogen and oxygen atoms in total. The average Bonchev–Trinajstić information content (AvgIpc) is 3.50. The predicted octanol–water partition coefficient (Wildman–Crippen LogP) is 3.60. The highest BCUT2D eigenvalue weighted by Crippen LogP contribution is 2.23. The highest BCUT2D eigenvalue weighted by Gasteiger charge is 2.40. The fraction of sp³-hybridized carbons (Fsp3) is 0.179. The normalized spacial score (nSPS) is 14.7. The van der Waals surface area contributed by atoms with Gasteiger partial charge in [-0.2, -0.15) is 0 Å². The number of sulfone groups is 1. The molecule has 39 heavy (non-hydrogen) atoms. The number of benzene rings is 3. The fourth-order valence-corrected chi connectivity index (χ4v) is 6.10. The van der Waals surface area contributed by atoms with E-state index in [0.29, 0.717) is 10.6 Å². The molecule has 1 fully saturated rings. The number of nitrogens with zero attached hydrogens (tertiary/aromatic N) is 2. The van der Waals surface area contributed by atoms with Gasteiger partial charge in [0.25, 0.3) is 17.7 Å². The molecule has 1 unspecified atom stereocenters. The molecule has 4 aromatic rings. The molecule has 1 N–H and O–H groups in total. The SMILES string of the molecule is O=C(NC(C(=O)N1CCN(C(=O)c2cccc3ccccc23)CC1)S(=O)(=O)c1ccc(Cl)cc1)c1ccco1. The summed E-state index contributed by atoms with van der Waals surface area (Å²) in [6.45, 7) is 0.596. The van der Waals surface area contributed by atoms with Gasteiger partial charge in [-0.15, -0.1) is 0 Å². The van der Waals surface area contributed by atoms with E-state index in [2.05, 4.69) is 5.32 Å². The summed E-state index contributed by atoms with van der Waals surface area (Å²) in [5, 5.41) is 2.52. The number of amides is 3. The first-order valence-electron chi connectivity index (χ1n) is 12.2. The molecule has 2 heterocycles. The Kier molecular flexibility index (Phi) is 7.40. The summed E-state index contributed by atoms with van der Waals surface area (Å²) in [5.41, 5.74) is 0.557. The lowest BCUT2D eigenvalue weighted by Gasteiger charge is -2.36. The van der Waals surface area contributed by atoms with Gasteiger partial charge in [-0.25, -0.2) is 8.42 Å². The van der Waals surface area contributed by atoms with Crippen molar-refractivity contribution in [1.82, 2.24) is 15.1 Å². The van der Waals surface area contributed by atoms with Crippen LogP contribution in [-0.4, -0.2) is 67.5 Å². The minimum Gasteiger partial charge on any atom is -0.459 e. The number of piperazine rings is 1. The molecule has 3 amide bonds. The van der Waals surface area contributed by atoms with Crippen LogP contribution in [0.5, 0.6) is 0 Å². The van der Waals surface area contributed by atoms with E-state index >= 15 is 0 Å². The zero-order valence-corrected chi connectivity index (χ0v) is 22.2. The smallest absolute Gasteiger partial charge is 0.288 e. The number of rotatable bonds is 6. The monoisotopic (exact) mass is 565 g/mol. The zero-order chi connectivity index (χ0) is 27.6. The second-order valence-corrected chi connectivity index (χ2v) is 11.4. The van der Waals surface area contributed by atoms with Crippen molar-refractivity contribution >= 4 is 49.9 Å². The lowest BCUT2D eigenvalue weighted by molar-refractivity contribution is -0.132. The number of carbonyl (C=O) groups excluding carboxylic acids is 3.